The predicted octanol–water partition coefficient (Wildman–Crippen LogP) is 1.24. The lowest BCUT2D eigenvalue weighted by atomic mass is 10.1. The van der Waals surface area contributed by atoms with Crippen molar-refractivity contribution in [1.82, 2.24) is 4.72 Å². The van der Waals surface area contributed by atoms with Gasteiger partial charge in [0.15, 0.2) is 0 Å². The van der Waals surface area contributed by atoms with Crippen molar-refractivity contribution in [2.75, 3.05) is 18.6 Å². The Balaban J connectivity index is 2.12. The van der Waals surface area contributed by atoms with E-state index in [-0.39, 0.29) is 17.2 Å². The normalized spacial score (nSPS) is 17.7. The van der Waals surface area contributed by atoms with Gasteiger partial charge in [-0.25, -0.2) is 25.9 Å². The van der Waals surface area contributed by atoms with Crippen molar-refractivity contribution in [2.45, 2.75) is 24.7 Å². The quantitative estimate of drug-likeness (QED) is 0.848. The van der Waals surface area contributed by atoms with Crippen molar-refractivity contribution >= 4 is 19.9 Å². The molecule has 0 atom stereocenters. The fourth-order valence-electron chi connectivity index (χ4n) is 2.29. The highest BCUT2D eigenvalue weighted by Crippen LogP contribution is 2.46. The van der Waals surface area contributed by atoms with E-state index >= 15 is 0 Å². The fraction of sp³-hybridized carbons (Fsp3) is 0.538. The molecule has 0 heterocycles. The van der Waals surface area contributed by atoms with E-state index in [1.165, 1.54) is 12.1 Å². The van der Waals surface area contributed by atoms with Gasteiger partial charge < -0.3 is 0 Å². The SMILES string of the molecule is Cc1cc(F)cc(S(=O)(=O)NCC2(CS(C)(=O)=O)CC2)c1. The molecular formula is C13H18FNO4S2. The highest BCUT2D eigenvalue weighted by molar-refractivity contribution is 7.90. The van der Waals surface area contributed by atoms with E-state index in [0.717, 1.165) is 12.3 Å². The number of sulfone groups is 1. The van der Waals surface area contributed by atoms with Crippen molar-refractivity contribution in [3.63, 3.8) is 0 Å². The van der Waals surface area contributed by atoms with Crippen LogP contribution in [0.1, 0.15) is 18.4 Å². The first kappa shape index (κ1) is 16.4. The van der Waals surface area contributed by atoms with Gasteiger partial charge in [-0.1, -0.05) is 0 Å². The van der Waals surface area contributed by atoms with Crippen molar-refractivity contribution < 1.29 is 21.2 Å². The van der Waals surface area contributed by atoms with Crippen LogP contribution in [0.5, 0.6) is 0 Å². The molecule has 0 spiro atoms. The highest BCUT2D eigenvalue weighted by atomic mass is 32.2. The standard InChI is InChI=1S/C13H18FNO4S2/c1-10-5-11(14)7-12(6-10)21(18,19)15-8-13(3-4-13)9-20(2,16)17/h5-7,15H,3-4,8-9H2,1-2H3. The number of benzene rings is 1. The monoisotopic (exact) mass is 335 g/mol. The molecule has 2 rings (SSSR count). The zero-order valence-corrected chi connectivity index (χ0v) is 13.5. The third-order valence-corrected chi connectivity index (χ3v) is 6.01. The van der Waals surface area contributed by atoms with Gasteiger partial charge in [-0.2, -0.15) is 0 Å². The molecule has 0 aliphatic heterocycles. The molecule has 0 radical (unpaired) electrons. The third-order valence-electron chi connectivity index (χ3n) is 3.49. The molecule has 21 heavy (non-hydrogen) atoms. The largest absolute Gasteiger partial charge is 0.240 e. The summed E-state index contributed by atoms with van der Waals surface area (Å²) < 4.78 is 62.7. The Morgan fingerprint density at radius 1 is 1.19 bits per heavy atom. The molecule has 0 bridgehead atoms. The molecule has 1 aliphatic rings. The Hall–Kier alpha value is -0.990. The van der Waals surface area contributed by atoms with Crippen LogP contribution >= 0.6 is 0 Å². The third kappa shape index (κ3) is 4.49. The minimum atomic E-state index is -3.84. The summed E-state index contributed by atoms with van der Waals surface area (Å²) in [6.45, 7) is 1.66. The summed E-state index contributed by atoms with van der Waals surface area (Å²) in [6.07, 6.45) is 2.48. The van der Waals surface area contributed by atoms with E-state index in [4.69, 9.17) is 0 Å². The maximum atomic E-state index is 13.3. The summed E-state index contributed by atoms with van der Waals surface area (Å²) in [4.78, 5) is -0.143. The zero-order chi connectivity index (χ0) is 15.9. The summed E-state index contributed by atoms with van der Waals surface area (Å²) in [6, 6.07) is 3.57. The first-order valence-electron chi connectivity index (χ1n) is 6.46. The van der Waals surface area contributed by atoms with Gasteiger partial charge in [-0.3, -0.25) is 0 Å². The molecule has 1 saturated carbocycles. The molecule has 1 aromatic carbocycles. The second-order valence-electron chi connectivity index (χ2n) is 5.86. The zero-order valence-electron chi connectivity index (χ0n) is 11.9. The fourth-order valence-corrected chi connectivity index (χ4v) is 5.07. The van der Waals surface area contributed by atoms with Crippen LogP contribution in [0.3, 0.4) is 0 Å². The van der Waals surface area contributed by atoms with Gasteiger partial charge in [0.1, 0.15) is 15.7 Å². The number of halogens is 1. The molecule has 118 valence electrons. The Morgan fingerprint density at radius 2 is 1.81 bits per heavy atom. The molecule has 8 heteroatoms. The van der Waals surface area contributed by atoms with Crippen LogP contribution in [0, 0.1) is 18.2 Å². The van der Waals surface area contributed by atoms with Crippen molar-refractivity contribution in [1.29, 1.82) is 0 Å². The van der Waals surface area contributed by atoms with Crippen molar-refractivity contribution in [3.05, 3.63) is 29.6 Å². The van der Waals surface area contributed by atoms with Crippen LogP contribution in [0.2, 0.25) is 0 Å². The minimum absolute atomic E-state index is 0.0370. The van der Waals surface area contributed by atoms with E-state index in [1.807, 2.05) is 0 Å². The lowest BCUT2D eigenvalue weighted by Crippen LogP contribution is -2.33. The van der Waals surface area contributed by atoms with Gasteiger partial charge in [0, 0.05) is 12.8 Å². The molecule has 1 aromatic rings. The van der Waals surface area contributed by atoms with E-state index in [0.29, 0.717) is 18.4 Å². The topological polar surface area (TPSA) is 80.3 Å². The molecule has 0 aromatic heterocycles. The molecule has 0 unspecified atom stereocenters. The molecule has 1 N–H and O–H groups in total. The number of aryl methyl sites for hydroxylation is 1. The summed E-state index contributed by atoms with van der Waals surface area (Å²) in [5.74, 6) is -0.655. The van der Waals surface area contributed by atoms with Gasteiger partial charge in [0.2, 0.25) is 10.0 Å². The molecular weight excluding hydrogens is 317 g/mol. The molecule has 5 nitrogen and oxygen atoms in total. The van der Waals surface area contributed by atoms with Gasteiger partial charge in [0.25, 0.3) is 0 Å². The number of hydrogen-bond acceptors (Lipinski definition) is 4. The first-order valence-corrected chi connectivity index (χ1v) is 10.0. The van der Waals surface area contributed by atoms with Crippen LogP contribution in [-0.4, -0.2) is 35.4 Å². The maximum Gasteiger partial charge on any atom is 0.240 e. The Morgan fingerprint density at radius 3 is 2.29 bits per heavy atom. The Labute approximate surface area is 124 Å². The smallest absolute Gasteiger partial charge is 0.229 e. The lowest BCUT2D eigenvalue weighted by Gasteiger charge is -2.15. The molecule has 1 fully saturated rings. The maximum absolute atomic E-state index is 13.3. The van der Waals surface area contributed by atoms with E-state index in [2.05, 4.69) is 4.72 Å². The van der Waals surface area contributed by atoms with Gasteiger partial charge in [-0.15, -0.1) is 0 Å². The number of sulfonamides is 1. The first-order chi connectivity index (χ1) is 9.51. The minimum Gasteiger partial charge on any atom is -0.229 e. The van der Waals surface area contributed by atoms with Gasteiger partial charge in [-0.05, 0) is 48.9 Å². The van der Waals surface area contributed by atoms with Crippen LogP contribution in [0.15, 0.2) is 23.1 Å². The molecule has 1 aliphatic carbocycles. The second-order valence-corrected chi connectivity index (χ2v) is 9.77. The Kier molecular flexibility index (Phi) is 4.16. The van der Waals surface area contributed by atoms with E-state index in [1.54, 1.807) is 6.92 Å². The van der Waals surface area contributed by atoms with Crippen LogP contribution in [0.25, 0.3) is 0 Å². The van der Waals surface area contributed by atoms with Crippen LogP contribution < -0.4 is 4.72 Å². The lowest BCUT2D eigenvalue weighted by molar-refractivity contribution is 0.518. The Bertz CT molecular complexity index is 732. The second kappa shape index (κ2) is 5.33. The van der Waals surface area contributed by atoms with Crippen LogP contribution in [-0.2, 0) is 19.9 Å². The summed E-state index contributed by atoms with van der Waals surface area (Å²) in [5.41, 5.74) is -0.00381. The highest BCUT2D eigenvalue weighted by Gasteiger charge is 2.45. The average Bonchev–Trinajstić information content (AvgIpc) is 3.03. The van der Waals surface area contributed by atoms with Gasteiger partial charge in [0.05, 0.1) is 10.6 Å². The average molecular weight is 335 g/mol. The predicted molar refractivity (Wildman–Crippen MR) is 77.7 cm³/mol. The molecule has 0 amide bonds. The summed E-state index contributed by atoms with van der Waals surface area (Å²) in [5, 5.41) is 0. The summed E-state index contributed by atoms with van der Waals surface area (Å²) >= 11 is 0. The number of nitrogens with one attached hydrogen (secondary N) is 1. The number of hydrogen-bond donors (Lipinski definition) is 1. The van der Waals surface area contributed by atoms with E-state index in [9.17, 15) is 21.2 Å². The van der Waals surface area contributed by atoms with Crippen molar-refractivity contribution in [2.24, 2.45) is 5.41 Å². The van der Waals surface area contributed by atoms with E-state index < -0.39 is 31.1 Å². The van der Waals surface area contributed by atoms with Crippen LogP contribution in [0.4, 0.5) is 4.39 Å². The number of rotatable bonds is 6. The summed E-state index contributed by atoms with van der Waals surface area (Å²) in [7, 11) is -7.00. The van der Waals surface area contributed by atoms with Crippen molar-refractivity contribution in [3.8, 4) is 0 Å². The van der Waals surface area contributed by atoms with Gasteiger partial charge >= 0.3 is 0 Å². The molecule has 0 saturated heterocycles.